The number of anilines is 2. The van der Waals surface area contributed by atoms with E-state index < -0.39 is 8.32 Å². The van der Waals surface area contributed by atoms with Crippen molar-refractivity contribution in [2.45, 2.75) is 45.5 Å². The SMILES string of the molecule is COc1cc2nccc(Oc3ccc4c(c3)OCCN4CC(=O)Nc3cc(CO[Si](C)(C)C(C)(C)C)on3)c2cc1OC. The molecule has 0 aliphatic carbocycles. The minimum atomic E-state index is -1.93. The summed E-state index contributed by atoms with van der Waals surface area (Å²) in [5.41, 5.74) is 1.51. The maximum Gasteiger partial charge on any atom is 0.245 e. The molecule has 12 heteroatoms. The number of fused-ring (bicyclic) bond motifs is 2. The Morgan fingerprint density at radius 3 is 2.56 bits per heavy atom. The molecule has 1 N–H and O–H groups in total. The van der Waals surface area contributed by atoms with Crippen LogP contribution in [0.5, 0.6) is 28.7 Å². The molecule has 0 unspecified atom stereocenters. The van der Waals surface area contributed by atoms with E-state index in [1.807, 2.05) is 35.2 Å². The van der Waals surface area contributed by atoms with Gasteiger partial charge in [-0.3, -0.25) is 9.78 Å². The summed E-state index contributed by atoms with van der Waals surface area (Å²) >= 11 is 0. The number of benzene rings is 2. The quantitative estimate of drug-likeness (QED) is 0.203. The standard InChI is InChI=1S/C31H38N4O7Si/c1-31(2,3)43(6,7)40-19-21-15-29(34-42-21)33-30(36)18-35-12-13-39-26-14-20(8-9-24(26)35)41-25-10-11-32-23-17-28(38-5)27(37-4)16-22(23)25/h8-11,14-17H,12-13,18-19H2,1-7H3,(H,33,34,36). The fraction of sp³-hybridized carbons (Fsp3) is 0.387. The van der Waals surface area contributed by atoms with Crippen LogP contribution >= 0.6 is 0 Å². The van der Waals surface area contributed by atoms with E-state index in [1.165, 1.54) is 0 Å². The molecule has 0 radical (unpaired) electrons. The molecule has 2 aromatic carbocycles. The number of hydrogen-bond acceptors (Lipinski definition) is 10. The van der Waals surface area contributed by atoms with Crippen LogP contribution in [0.1, 0.15) is 26.5 Å². The van der Waals surface area contributed by atoms with Crippen molar-refractivity contribution in [3.8, 4) is 28.7 Å². The molecule has 5 rings (SSSR count). The third-order valence-corrected chi connectivity index (χ3v) is 12.3. The highest BCUT2D eigenvalue weighted by molar-refractivity contribution is 6.74. The summed E-state index contributed by atoms with van der Waals surface area (Å²) in [5, 5.41) is 7.69. The summed E-state index contributed by atoms with van der Waals surface area (Å²) in [7, 11) is 1.24. The van der Waals surface area contributed by atoms with Crippen molar-refractivity contribution >= 4 is 36.6 Å². The predicted molar refractivity (Wildman–Crippen MR) is 166 cm³/mol. The van der Waals surface area contributed by atoms with Gasteiger partial charge in [0.15, 0.2) is 31.4 Å². The second-order valence-corrected chi connectivity index (χ2v) is 16.6. The lowest BCUT2D eigenvalue weighted by Crippen LogP contribution is -2.40. The molecule has 4 aromatic rings. The van der Waals surface area contributed by atoms with Gasteiger partial charge in [-0.2, -0.15) is 0 Å². The number of carbonyl (C=O) groups excluding carboxylic acids is 1. The van der Waals surface area contributed by atoms with Crippen LogP contribution in [0.15, 0.2) is 53.2 Å². The number of rotatable bonds is 10. The lowest BCUT2D eigenvalue weighted by Gasteiger charge is -2.35. The van der Waals surface area contributed by atoms with Gasteiger partial charge in [-0.25, -0.2) is 0 Å². The Morgan fingerprint density at radius 1 is 1.05 bits per heavy atom. The number of amides is 1. The van der Waals surface area contributed by atoms with Crippen LogP contribution < -0.4 is 29.2 Å². The second kappa shape index (κ2) is 12.1. The van der Waals surface area contributed by atoms with Gasteiger partial charge in [-0.1, -0.05) is 25.9 Å². The average Bonchev–Trinajstić information content (AvgIpc) is 3.42. The van der Waals surface area contributed by atoms with Gasteiger partial charge in [0.25, 0.3) is 0 Å². The van der Waals surface area contributed by atoms with Crippen molar-refractivity contribution in [3.63, 3.8) is 0 Å². The van der Waals surface area contributed by atoms with Crippen LogP contribution in [0.25, 0.3) is 10.9 Å². The molecule has 11 nitrogen and oxygen atoms in total. The first-order valence-electron chi connectivity index (χ1n) is 14.1. The maximum absolute atomic E-state index is 12.9. The molecule has 1 aliphatic rings. The van der Waals surface area contributed by atoms with Crippen LogP contribution in [0.2, 0.25) is 18.1 Å². The van der Waals surface area contributed by atoms with E-state index in [1.54, 1.807) is 32.5 Å². The smallest absolute Gasteiger partial charge is 0.245 e. The van der Waals surface area contributed by atoms with Crippen molar-refractivity contribution < 1.29 is 32.7 Å². The molecular weight excluding hydrogens is 568 g/mol. The van der Waals surface area contributed by atoms with E-state index in [9.17, 15) is 4.79 Å². The van der Waals surface area contributed by atoms with Crippen molar-refractivity contribution in [3.05, 3.63) is 54.4 Å². The number of nitrogens with zero attached hydrogens (tertiary/aromatic N) is 3. The van der Waals surface area contributed by atoms with Crippen molar-refractivity contribution in [1.29, 1.82) is 0 Å². The van der Waals surface area contributed by atoms with Gasteiger partial charge in [0, 0.05) is 29.8 Å². The van der Waals surface area contributed by atoms with Crippen LogP contribution in [0.3, 0.4) is 0 Å². The van der Waals surface area contributed by atoms with Gasteiger partial charge in [0.1, 0.15) is 23.9 Å². The zero-order valence-corrected chi connectivity index (χ0v) is 26.6. The van der Waals surface area contributed by atoms with Gasteiger partial charge in [0.05, 0.1) is 45.1 Å². The van der Waals surface area contributed by atoms with Gasteiger partial charge < -0.3 is 38.1 Å². The zero-order chi connectivity index (χ0) is 30.8. The van der Waals surface area contributed by atoms with Crippen LogP contribution in [-0.4, -0.2) is 58.3 Å². The summed E-state index contributed by atoms with van der Waals surface area (Å²) in [6.45, 7) is 12.3. The minimum absolute atomic E-state index is 0.0849. The highest BCUT2D eigenvalue weighted by atomic mass is 28.4. The average molecular weight is 607 g/mol. The number of hydrogen-bond donors (Lipinski definition) is 1. The topological polar surface area (TPSA) is 117 Å². The predicted octanol–water partition coefficient (Wildman–Crippen LogP) is 6.39. The summed E-state index contributed by atoms with van der Waals surface area (Å²) < 4.78 is 34.6. The Balaban J connectivity index is 1.24. The first-order valence-corrected chi connectivity index (χ1v) is 17.0. The largest absolute Gasteiger partial charge is 0.493 e. The lowest BCUT2D eigenvalue weighted by molar-refractivity contribution is -0.115. The number of ether oxygens (including phenoxy) is 4. The molecule has 1 amide bonds. The fourth-order valence-corrected chi connectivity index (χ4v) is 5.35. The molecule has 0 bridgehead atoms. The van der Waals surface area contributed by atoms with Gasteiger partial charge >= 0.3 is 0 Å². The Bertz CT molecular complexity index is 1620. The Kier molecular flexibility index (Phi) is 8.51. The normalized spacial score (nSPS) is 13.3. The number of pyridine rings is 1. The third-order valence-electron chi connectivity index (χ3n) is 7.87. The first-order chi connectivity index (χ1) is 20.5. The van der Waals surface area contributed by atoms with Gasteiger partial charge in [-0.15, -0.1) is 0 Å². The zero-order valence-electron chi connectivity index (χ0n) is 25.6. The molecular formula is C31H38N4O7Si. The second-order valence-electron chi connectivity index (χ2n) is 11.8. The third kappa shape index (κ3) is 6.70. The van der Waals surface area contributed by atoms with E-state index in [-0.39, 0.29) is 17.5 Å². The van der Waals surface area contributed by atoms with E-state index in [0.717, 1.165) is 11.1 Å². The van der Waals surface area contributed by atoms with E-state index in [2.05, 4.69) is 49.3 Å². The highest BCUT2D eigenvalue weighted by Crippen LogP contribution is 2.40. The minimum Gasteiger partial charge on any atom is -0.493 e. The van der Waals surface area contributed by atoms with Gasteiger partial charge in [0.2, 0.25) is 5.91 Å². The van der Waals surface area contributed by atoms with Crippen LogP contribution in [0, 0.1) is 0 Å². The first kappa shape index (κ1) is 30.2. The molecule has 0 atom stereocenters. The molecule has 2 aromatic heterocycles. The summed E-state index contributed by atoms with van der Waals surface area (Å²) in [6, 6.07) is 12.7. The van der Waals surface area contributed by atoms with Crippen LogP contribution in [-0.2, 0) is 15.8 Å². The molecule has 228 valence electrons. The van der Waals surface area contributed by atoms with Crippen molar-refractivity contribution in [1.82, 2.24) is 10.1 Å². The molecule has 0 spiro atoms. The van der Waals surface area contributed by atoms with Crippen molar-refractivity contribution in [2.75, 3.05) is 44.1 Å². The summed E-state index contributed by atoms with van der Waals surface area (Å²) in [5.74, 6) is 3.70. The molecule has 0 saturated heterocycles. The van der Waals surface area contributed by atoms with Crippen LogP contribution in [0.4, 0.5) is 11.5 Å². The number of aromatic nitrogens is 2. The molecule has 0 fully saturated rings. The summed E-state index contributed by atoms with van der Waals surface area (Å²) in [6.07, 6.45) is 1.68. The monoisotopic (exact) mass is 606 g/mol. The number of nitrogens with one attached hydrogen (secondary N) is 1. The van der Waals surface area contributed by atoms with E-state index >= 15 is 0 Å². The molecule has 43 heavy (non-hydrogen) atoms. The van der Waals surface area contributed by atoms with Gasteiger partial charge in [-0.05, 0) is 42.4 Å². The Labute approximate surface area is 252 Å². The summed E-state index contributed by atoms with van der Waals surface area (Å²) in [4.78, 5) is 19.3. The number of carbonyl (C=O) groups is 1. The maximum atomic E-state index is 12.9. The molecule has 3 heterocycles. The highest BCUT2D eigenvalue weighted by Gasteiger charge is 2.37. The lowest BCUT2D eigenvalue weighted by atomic mass is 10.1. The fourth-order valence-electron chi connectivity index (χ4n) is 4.41. The Hall–Kier alpha value is -4.29. The Morgan fingerprint density at radius 2 is 1.81 bits per heavy atom. The van der Waals surface area contributed by atoms with Crippen molar-refractivity contribution in [2.24, 2.45) is 0 Å². The molecule has 1 aliphatic heterocycles. The number of methoxy groups -OCH3 is 2. The van der Waals surface area contributed by atoms with E-state index in [0.29, 0.717) is 65.6 Å². The van der Waals surface area contributed by atoms with E-state index in [4.69, 9.17) is 27.9 Å². The molecule has 0 saturated carbocycles.